The lowest BCUT2D eigenvalue weighted by molar-refractivity contribution is -0.440. The first-order chi connectivity index (χ1) is 17.0. The maximum Gasteiger partial charge on any atom is 0.335 e. The summed E-state index contributed by atoms with van der Waals surface area (Å²) in [7, 11) is 0. The molecule has 2 N–H and O–H groups in total. The number of hydrogen-bond donors (Lipinski definition) is 2. The molecule has 35 heavy (non-hydrogen) atoms. The minimum atomic E-state index is -0.927. The maximum atomic E-state index is 12.8. The van der Waals surface area contributed by atoms with Crippen LogP contribution in [0.25, 0.3) is 10.9 Å². The molecule has 3 heterocycles. The normalized spacial score (nSPS) is 13.5. The predicted octanol–water partition coefficient (Wildman–Crippen LogP) is 4.24. The SMILES string of the molecule is CCn1ccc2ccc(NC(=O)c3ccc([N+]4=CCN(c5ccc(C(=O)O)cc5)CC4)nc3)cc21. The van der Waals surface area contributed by atoms with Crippen molar-refractivity contribution >= 4 is 46.2 Å². The number of carboxylic acids is 1. The molecule has 8 nitrogen and oxygen atoms in total. The van der Waals surface area contributed by atoms with E-state index in [1.165, 1.54) is 0 Å². The van der Waals surface area contributed by atoms with Crippen LogP contribution in [0.15, 0.2) is 73.1 Å². The van der Waals surface area contributed by atoms with Gasteiger partial charge < -0.3 is 19.9 Å². The fourth-order valence-electron chi connectivity index (χ4n) is 4.30. The number of anilines is 2. The molecule has 1 aliphatic rings. The molecular weight excluding hydrogens is 442 g/mol. The predicted molar refractivity (Wildman–Crippen MR) is 136 cm³/mol. The number of fused-ring (bicyclic) bond motifs is 1. The van der Waals surface area contributed by atoms with Gasteiger partial charge in [-0.1, -0.05) is 6.07 Å². The van der Waals surface area contributed by atoms with E-state index in [1.807, 2.05) is 42.6 Å². The average molecular weight is 469 g/mol. The summed E-state index contributed by atoms with van der Waals surface area (Å²) < 4.78 is 4.21. The van der Waals surface area contributed by atoms with E-state index in [-0.39, 0.29) is 11.5 Å². The summed E-state index contributed by atoms with van der Waals surface area (Å²) in [5.41, 5.74) is 3.60. The molecule has 0 radical (unpaired) electrons. The lowest BCUT2D eigenvalue weighted by atomic mass is 10.2. The Hall–Kier alpha value is -4.46. The molecule has 0 unspecified atom stereocenters. The molecule has 1 amide bonds. The summed E-state index contributed by atoms with van der Waals surface area (Å²) >= 11 is 0. The highest BCUT2D eigenvalue weighted by Gasteiger charge is 2.19. The summed E-state index contributed by atoms with van der Waals surface area (Å²) in [5.74, 6) is -0.343. The Bertz CT molecular complexity index is 1420. The largest absolute Gasteiger partial charge is 0.478 e. The summed E-state index contributed by atoms with van der Waals surface area (Å²) in [4.78, 5) is 30.5. The van der Waals surface area contributed by atoms with Crippen LogP contribution in [0.1, 0.15) is 27.6 Å². The number of carboxylic acid groups (broad SMARTS) is 1. The van der Waals surface area contributed by atoms with E-state index in [0.717, 1.165) is 47.7 Å². The molecule has 2 aromatic carbocycles. The van der Waals surface area contributed by atoms with Gasteiger partial charge in [0.15, 0.2) is 6.20 Å². The number of nitrogens with one attached hydrogen (secondary N) is 1. The number of nitrogens with zero attached hydrogens (tertiary/aromatic N) is 4. The third kappa shape index (κ3) is 4.63. The zero-order valence-electron chi connectivity index (χ0n) is 19.4. The summed E-state index contributed by atoms with van der Waals surface area (Å²) in [6, 6.07) is 18.5. The molecule has 0 spiro atoms. The summed E-state index contributed by atoms with van der Waals surface area (Å²) in [5, 5.41) is 13.2. The summed E-state index contributed by atoms with van der Waals surface area (Å²) in [6.07, 6.45) is 5.70. The second kappa shape index (κ2) is 9.42. The van der Waals surface area contributed by atoms with Crippen molar-refractivity contribution in [2.75, 3.05) is 29.9 Å². The highest BCUT2D eigenvalue weighted by molar-refractivity contribution is 6.05. The van der Waals surface area contributed by atoms with Crippen molar-refractivity contribution in [1.82, 2.24) is 9.55 Å². The molecule has 0 saturated carbocycles. The van der Waals surface area contributed by atoms with Gasteiger partial charge in [0.2, 0.25) is 0 Å². The van der Waals surface area contributed by atoms with Crippen LogP contribution in [0.3, 0.4) is 0 Å². The zero-order chi connectivity index (χ0) is 24.4. The van der Waals surface area contributed by atoms with E-state index < -0.39 is 5.97 Å². The van der Waals surface area contributed by atoms with Gasteiger partial charge in [0, 0.05) is 30.2 Å². The molecule has 0 aliphatic carbocycles. The highest BCUT2D eigenvalue weighted by atomic mass is 16.4. The molecule has 0 saturated heterocycles. The van der Waals surface area contributed by atoms with E-state index >= 15 is 0 Å². The van der Waals surface area contributed by atoms with Crippen molar-refractivity contribution in [3.8, 4) is 0 Å². The lowest BCUT2D eigenvalue weighted by Crippen LogP contribution is -2.38. The monoisotopic (exact) mass is 468 g/mol. The quantitative estimate of drug-likeness (QED) is 0.413. The van der Waals surface area contributed by atoms with Crippen molar-refractivity contribution in [2.24, 2.45) is 0 Å². The van der Waals surface area contributed by atoms with E-state index in [9.17, 15) is 9.59 Å². The number of aromatic nitrogens is 2. The van der Waals surface area contributed by atoms with Crippen LogP contribution >= 0.6 is 0 Å². The van der Waals surface area contributed by atoms with E-state index in [0.29, 0.717) is 12.1 Å². The highest BCUT2D eigenvalue weighted by Crippen LogP contribution is 2.22. The van der Waals surface area contributed by atoms with Gasteiger partial charge in [-0.25, -0.2) is 9.37 Å². The molecule has 4 aromatic rings. The minimum absolute atomic E-state index is 0.198. The fraction of sp³-hybridized carbons (Fsp3) is 0.185. The van der Waals surface area contributed by atoms with Crippen LogP contribution in [0.2, 0.25) is 0 Å². The van der Waals surface area contributed by atoms with Crippen molar-refractivity contribution in [3.05, 3.63) is 84.2 Å². The van der Waals surface area contributed by atoms with Crippen molar-refractivity contribution in [1.29, 1.82) is 0 Å². The van der Waals surface area contributed by atoms with Gasteiger partial charge >= 0.3 is 11.8 Å². The Balaban J connectivity index is 1.24. The number of carbonyl (C=O) groups excluding carboxylic acids is 1. The number of benzene rings is 2. The number of aromatic carboxylic acids is 1. The lowest BCUT2D eigenvalue weighted by Gasteiger charge is -2.26. The number of hydrogen-bond acceptors (Lipinski definition) is 4. The second-order valence-electron chi connectivity index (χ2n) is 8.41. The van der Waals surface area contributed by atoms with Gasteiger partial charge in [-0.05, 0) is 65.8 Å². The molecule has 0 atom stereocenters. The van der Waals surface area contributed by atoms with Crippen LogP contribution < -0.4 is 10.2 Å². The van der Waals surface area contributed by atoms with Gasteiger partial charge in [-0.15, -0.1) is 0 Å². The summed E-state index contributed by atoms with van der Waals surface area (Å²) in [6.45, 7) is 5.14. The Morgan fingerprint density at radius 1 is 1.06 bits per heavy atom. The Kier molecular flexibility index (Phi) is 6.01. The first-order valence-electron chi connectivity index (χ1n) is 11.6. The molecular formula is C27H26N5O3+. The van der Waals surface area contributed by atoms with Gasteiger partial charge in [-0.3, -0.25) is 4.79 Å². The number of aryl methyl sites for hydroxylation is 1. The van der Waals surface area contributed by atoms with Crippen LogP contribution in [0.4, 0.5) is 17.2 Å². The van der Waals surface area contributed by atoms with Gasteiger partial charge in [0.1, 0.15) is 6.54 Å². The van der Waals surface area contributed by atoms with E-state index in [4.69, 9.17) is 5.11 Å². The van der Waals surface area contributed by atoms with Crippen LogP contribution in [-0.2, 0) is 6.54 Å². The van der Waals surface area contributed by atoms with Crippen LogP contribution in [0, 0.1) is 0 Å². The number of pyridine rings is 1. The topological polar surface area (TPSA) is 90.5 Å². The third-order valence-electron chi connectivity index (χ3n) is 6.29. The number of rotatable bonds is 6. The first-order valence-corrected chi connectivity index (χ1v) is 11.6. The number of amides is 1. The van der Waals surface area contributed by atoms with E-state index in [2.05, 4.69) is 43.5 Å². The molecule has 0 fully saturated rings. The van der Waals surface area contributed by atoms with Crippen LogP contribution in [-0.4, -0.2) is 57.0 Å². The smallest absolute Gasteiger partial charge is 0.335 e. The zero-order valence-corrected chi connectivity index (χ0v) is 19.4. The third-order valence-corrected chi connectivity index (χ3v) is 6.29. The molecule has 8 heteroatoms. The van der Waals surface area contributed by atoms with E-state index in [1.54, 1.807) is 24.4 Å². The fourth-order valence-corrected chi connectivity index (χ4v) is 4.30. The number of carbonyl (C=O) groups is 2. The molecule has 0 bridgehead atoms. The molecule has 5 rings (SSSR count). The molecule has 1 aliphatic heterocycles. The Morgan fingerprint density at radius 3 is 2.51 bits per heavy atom. The van der Waals surface area contributed by atoms with Gasteiger partial charge in [0.25, 0.3) is 5.91 Å². The Morgan fingerprint density at radius 2 is 1.86 bits per heavy atom. The van der Waals surface area contributed by atoms with Crippen molar-refractivity contribution in [3.63, 3.8) is 0 Å². The van der Waals surface area contributed by atoms with Crippen molar-refractivity contribution in [2.45, 2.75) is 13.5 Å². The maximum absolute atomic E-state index is 12.8. The molecule has 2 aromatic heterocycles. The average Bonchev–Trinajstić information content (AvgIpc) is 3.31. The minimum Gasteiger partial charge on any atom is -0.478 e. The van der Waals surface area contributed by atoms with Crippen molar-refractivity contribution < 1.29 is 19.3 Å². The standard InChI is InChI=1S/C27H25N5O3/c1-2-30-12-11-19-3-7-22(17-24(19)30)29-26(33)21-6-10-25(28-18-21)32-15-13-31(14-16-32)23-8-4-20(5-9-23)27(34)35/h3-12,15,17-18H,2,13-14,16H2,1H3,(H-,29,33,34,35)/p+1. The van der Waals surface area contributed by atoms with Gasteiger partial charge in [-0.2, -0.15) is 0 Å². The van der Waals surface area contributed by atoms with Crippen LogP contribution in [0.5, 0.6) is 0 Å². The molecule has 176 valence electrons. The second-order valence-corrected chi connectivity index (χ2v) is 8.41. The Labute approximate surface area is 202 Å². The van der Waals surface area contributed by atoms with Gasteiger partial charge in [0.05, 0.1) is 35.9 Å². The first kappa shape index (κ1) is 22.3.